The van der Waals surface area contributed by atoms with E-state index >= 15 is 0 Å². The van der Waals surface area contributed by atoms with Gasteiger partial charge in [-0.25, -0.2) is 0 Å². The van der Waals surface area contributed by atoms with E-state index in [0.29, 0.717) is 16.6 Å². The fraction of sp³-hybridized carbons (Fsp3) is 0.438. The van der Waals surface area contributed by atoms with Crippen LogP contribution in [0.1, 0.15) is 40.9 Å². The molecule has 0 atom stereocenters. The molecule has 0 unspecified atom stereocenters. The first-order valence-electron chi connectivity index (χ1n) is 7.22. The summed E-state index contributed by atoms with van der Waals surface area (Å²) in [6.07, 6.45) is 0. The monoisotopic (exact) mass is 335 g/mol. The fourth-order valence-electron chi connectivity index (χ4n) is 1.93. The number of carbonyl (C=O) groups is 1. The quantitative estimate of drug-likeness (QED) is 0.647. The highest BCUT2D eigenvalue weighted by atomic mass is 32.2. The van der Waals surface area contributed by atoms with Crippen LogP contribution in [0, 0.1) is 26.7 Å². The third kappa shape index (κ3) is 4.30. The number of nitrogens with zero attached hydrogens (tertiary/aromatic N) is 2. The number of carbonyl (C=O) groups excluding carboxylic acids is 1. The van der Waals surface area contributed by atoms with E-state index in [1.54, 1.807) is 11.8 Å². The number of hydrogen-bond acceptors (Lipinski definition) is 5. The number of rotatable bonds is 5. The second-order valence-corrected chi connectivity index (χ2v) is 8.03. The predicted octanol–water partition coefficient (Wildman–Crippen LogP) is 4.46. The maximum atomic E-state index is 12.4. The molecule has 4 nitrogen and oxygen atoms in total. The van der Waals surface area contributed by atoms with Crippen LogP contribution in [-0.4, -0.2) is 21.9 Å². The van der Waals surface area contributed by atoms with E-state index in [1.807, 2.05) is 32.9 Å². The van der Waals surface area contributed by atoms with Crippen LogP contribution >= 0.6 is 23.1 Å². The fourth-order valence-corrected chi connectivity index (χ4v) is 3.65. The minimum Gasteiger partial charge on any atom is -0.296 e. The number of thioether (sulfide) groups is 1. The van der Waals surface area contributed by atoms with Gasteiger partial charge in [0.15, 0.2) is 4.34 Å². The Hall–Kier alpha value is -1.40. The van der Waals surface area contributed by atoms with Crippen LogP contribution in [0.15, 0.2) is 16.5 Å². The Labute approximate surface area is 139 Å². The maximum Gasteiger partial charge on any atom is 0.257 e. The van der Waals surface area contributed by atoms with Gasteiger partial charge in [-0.3, -0.25) is 10.1 Å². The average Bonchev–Trinajstić information content (AvgIpc) is 2.88. The lowest BCUT2D eigenvalue weighted by atomic mass is 10.0. The van der Waals surface area contributed by atoms with Crippen molar-refractivity contribution in [3.63, 3.8) is 0 Å². The molecule has 0 fully saturated rings. The average molecular weight is 335 g/mol. The molecule has 118 valence electrons. The summed E-state index contributed by atoms with van der Waals surface area (Å²) in [5.41, 5.74) is 3.97. The lowest BCUT2D eigenvalue weighted by Crippen LogP contribution is -2.13. The van der Waals surface area contributed by atoms with E-state index in [4.69, 9.17) is 0 Å². The standard InChI is InChI=1S/C16H21N3OS2/c1-9(2)8-21-16-19-18-15(22-16)17-14(20)13-7-11(4)10(3)6-12(13)5/h6-7,9H,8H2,1-5H3,(H,17,18,20). The summed E-state index contributed by atoms with van der Waals surface area (Å²) < 4.78 is 0.890. The molecule has 1 amide bonds. The molecule has 2 rings (SSSR count). The van der Waals surface area contributed by atoms with Gasteiger partial charge in [0, 0.05) is 11.3 Å². The van der Waals surface area contributed by atoms with Gasteiger partial charge in [0.05, 0.1) is 0 Å². The normalized spacial score (nSPS) is 11.0. The number of nitrogens with one attached hydrogen (secondary N) is 1. The number of amides is 1. The van der Waals surface area contributed by atoms with Crippen molar-refractivity contribution in [3.8, 4) is 0 Å². The second-order valence-electron chi connectivity index (χ2n) is 5.78. The van der Waals surface area contributed by atoms with Crippen molar-refractivity contribution >= 4 is 34.1 Å². The summed E-state index contributed by atoms with van der Waals surface area (Å²) >= 11 is 3.09. The zero-order chi connectivity index (χ0) is 16.3. The number of benzene rings is 1. The number of anilines is 1. The molecule has 0 aliphatic carbocycles. The molecular weight excluding hydrogens is 314 g/mol. The third-order valence-corrected chi connectivity index (χ3v) is 5.65. The largest absolute Gasteiger partial charge is 0.296 e. The SMILES string of the molecule is Cc1cc(C)c(C(=O)Nc2nnc(SCC(C)C)s2)cc1C. The van der Waals surface area contributed by atoms with Crippen molar-refractivity contribution in [2.45, 2.75) is 39.0 Å². The number of aryl methyl sites for hydroxylation is 3. The van der Waals surface area contributed by atoms with Crippen molar-refractivity contribution < 1.29 is 4.79 Å². The third-order valence-electron chi connectivity index (χ3n) is 3.25. The van der Waals surface area contributed by atoms with Crippen LogP contribution in [0.25, 0.3) is 0 Å². The summed E-state index contributed by atoms with van der Waals surface area (Å²) in [6, 6.07) is 3.96. The van der Waals surface area contributed by atoms with Gasteiger partial charge < -0.3 is 0 Å². The van der Waals surface area contributed by atoms with E-state index in [0.717, 1.165) is 21.2 Å². The molecule has 6 heteroatoms. The van der Waals surface area contributed by atoms with E-state index in [2.05, 4.69) is 29.4 Å². The molecule has 0 aliphatic rings. The Morgan fingerprint density at radius 2 is 1.86 bits per heavy atom. The van der Waals surface area contributed by atoms with Crippen LogP contribution in [0.4, 0.5) is 5.13 Å². The summed E-state index contributed by atoms with van der Waals surface area (Å²) in [5.74, 6) is 1.47. The maximum absolute atomic E-state index is 12.4. The summed E-state index contributed by atoms with van der Waals surface area (Å²) in [6.45, 7) is 10.3. The Bertz CT molecular complexity index is 680. The predicted molar refractivity (Wildman–Crippen MR) is 94.1 cm³/mol. The van der Waals surface area contributed by atoms with Crippen LogP contribution in [-0.2, 0) is 0 Å². The van der Waals surface area contributed by atoms with Gasteiger partial charge in [-0.1, -0.05) is 43.0 Å². The van der Waals surface area contributed by atoms with Crippen molar-refractivity contribution in [1.82, 2.24) is 10.2 Å². The first-order valence-corrected chi connectivity index (χ1v) is 9.02. The van der Waals surface area contributed by atoms with E-state index < -0.39 is 0 Å². The number of aromatic nitrogens is 2. The van der Waals surface area contributed by atoms with Gasteiger partial charge in [-0.15, -0.1) is 10.2 Å². The van der Waals surface area contributed by atoms with Gasteiger partial charge >= 0.3 is 0 Å². The Balaban J connectivity index is 2.08. The van der Waals surface area contributed by atoms with Gasteiger partial charge in [0.1, 0.15) is 0 Å². The Morgan fingerprint density at radius 3 is 2.55 bits per heavy atom. The molecule has 0 radical (unpaired) electrons. The van der Waals surface area contributed by atoms with Gasteiger partial charge in [-0.05, 0) is 49.4 Å². The molecule has 0 saturated heterocycles. The van der Waals surface area contributed by atoms with Crippen LogP contribution in [0.3, 0.4) is 0 Å². The first-order chi connectivity index (χ1) is 10.4. The highest BCUT2D eigenvalue weighted by Gasteiger charge is 2.14. The smallest absolute Gasteiger partial charge is 0.257 e. The van der Waals surface area contributed by atoms with Crippen LogP contribution < -0.4 is 5.32 Å². The molecule has 0 spiro atoms. The topological polar surface area (TPSA) is 54.9 Å². The lowest BCUT2D eigenvalue weighted by Gasteiger charge is -2.08. The van der Waals surface area contributed by atoms with Crippen LogP contribution in [0.2, 0.25) is 0 Å². The summed E-state index contributed by atoms with van der Waals surface area (Å²) in [7, 11) is 0. The molecule has 0 saturated carbocycles. The molecule has 1 aromatic carbocycles. The highest BCUT2D eigenvalue weighted by molar-refractivity contribution is 8.01. The molecule has 1 heterocycles. The second kappa shape index (κ2) is 7.24. The van der Waals surface area contributed by atoms with Crippen molar-refractivity contribution in [2.75, 3.05) is 11.1 Å². The molecule has 1 N–H and O–H groups in total. The van der Waals surface area contributed by atoms with Crippen LogP contribution in [0.5, 0.6) is 0 Å². The molecule has 22 heavy (non-hydrogen) atoms. The van der Waals surface area contributed by atoms with E-state index in [1.165, 1.54) is 16.9 Å². The molecule has 0 aliphatic heterocycles. The highest BCUT2D eigenvalue weighted by Crippen LogP contribution is 2.27. The Morgan fingerprint density at radius 1 is 1.18 bits per heavy atom. The zero-order valence-corrected chi connectivity index (χ0v) is 15.2. The summed E-state index contributed by atoms with van der Waals surface area (Å²) in [4.78, 5) is 12.4. The minimum atomic E-state index is -0.128. The van der Waals surface area contributed by atoms with Crippen molar-refractivity contribution in [3.05, 3.63) is 34.4 Å². The zero-order valence-electron chi connectivity index (χ0n) is 13.6. The number of hydrogen-bond donors (Lipinski definition) is 1. The van der Waals surface area contributed by atoms with Gasteiger partial charge in [-0.2, -0.15) is 0 Å². The first kappa shape index (κ1) is 17.0. The molecule has 0 bridgehead atoms. The van der Waals surface area contributed by atoms with E-state index in [-0.39, 0.29) is 5.91 Å². The lowest BCUT2D eigenvalue weighted by molar-refractivity contribution is 0.102. The van der Waals surface area contributed by atoms with Gasteiger partial charge in [0.25, 0.3) is 5.91 Å². The molecular formula is C16H21N3OS2. The minimum absolute atomic E-state index is 0.128. The van der Waals surface area contributed by atoms with Crippen molar-refractivity contribution in [2.24, 2.45) is 5.92 Å². The summed E-state index contributed by atoms with van der Waals surface area (Å²) in [5, 5.41) is 11.5. The van der Waals surface area contributed by atoms with Gasteiger partial charge in [0.2, 0.25) is 5.13 Å². The molecule has 1 aromatic heterocycles. The van der Waals surface area contributed by atoms with Crippen molar-refractivity contribution in [1.29, 1.82) is 0 Å². The molecule has 2 aromatic rings. The Kier molecular flexibility index (Phi) is 5.58. The van der Waals surface area contributed by atoms with E-state index in [9.17, 15) is 4.79 Å².